The molecule has 0 bridgehead atoms. The third-order valence-corrected chi connectivity index (χ3v) is 4.31. The molecule has 0 saturated carbocycles. The smallest absolute Gasteiger partial charge is 0.283 e. The van der Waals surface area contributed by atoms with Crippen LogP contribution in [0.4, 0.5) is 4.39 Å². The summed E-state index contributed by atoms with van der Waals surface area (Å²) in [6.45, 7) is 2.14. The van der Waals surface area contributed by atoms with Gasteiger partial charge in [-0.2, -0.15) is 5.10 Å². The summed E-state index contributed by atoms with van der Waals surface area (Å²) in [4.78, 5) is 29.1. The zero-order valence-corrected chi connectivity index (χ0v) is 16.5. The molecule has 2 aromatic carbocycles. The van der Waals surface area contributed by atoms with Crippen LogP contribution in [0, 0.1) is 5.82 Å². The number of halogens is 1. The van der Waals surface area contributed by atoms with Gasteiger partial charge in [0.15, 0.2) is 12.3 Å². The maximum absolute atomic E-state index is 13.1. The van der Waals surface area contributed by atoms with Crippen LogP contribution in [0.25, 0.3) is 16.7 Å². The van der Waals surface area contributed by atoms with E-state index >= 15 is 0 Å². The summed E-state index contributed by atoms with van der Waals surface area (Å²) in [6.07, 6.45) is 2.52. The Morgan fingerprint density at radius 2 is 1.74 bits per heavy atom. The zero-order chi connectivity index (χ0) is 21.8. The van der Waals surface area contributed by atoms with Gasteiger partial charge in [0.05, 0.1) is 18.5 Å². The monoisotopic (exact) mass is 423 g/mol. The molecule has 0 unspecified atom stereocenters. The molecule has 0 saturated heterocycles. The van der Waals surface area contributed by atoms with Crippen LogP contribution < -0.4 is 20.5 Å². The number of aromatic nitrogens is 4. The number of amides is 1. The number of ether oxygens (including phenoxy) is 2. The summed E-state index contributed by atoms with van der Waals surface area (Å²) in [6, 6.07) is 12.5. The van der Waals surface area contributed by atoms with Crippen molar-refractivity contribution < 1.29 is 18.7 Å². The number of nitrogens with one attached hydrogen (secondary N) is 1. The van der Waals surface area contributed by atoms with Gasteiger partial charge < -0.3 is 9.47 Å². The number of benzene rings is 2. The van der Waals surface area contributed by atoms with Crippen LogP contribution in [0.3, 0.4) is 0 Å². The van der Waals surface area contributed by atoms with E-state index in [4.69, 9.17) is 9.47 Å². The maximum Gasteiger partial charge on any atom is 0.283 e. The van der Waals surface area contributed by atoms with Crippen LogP contribution in [-0.2, 0) is 4.79 Å². The highest BCUT2D eigenvalue weighted by Crippen LogP contribution is 2.17. The van der Waals surface area contributed by atoms with Gasteiger partial charge in [0.1, 0.15) is 29.0 Å². The standard InChI is InChI=1S/C21H18FN5O4/c1-2-30-16-7-9-17(10-8-16)31-12-19(28)25-26-13-23-20-18(21(26)29)11-24-27(20)15-5-3-14(22)4-6-15/h3-11,13H,2,12H2,1H3,(H,25,28). The van der Waals surface area contributed by atoms with E-state index in [0.717, 1.165) is 4.68 Å². The van der Waals surface area contributed by atoms with E-state index in [2.05, 4.69) is 15.5 Å². The molecule has 1 N–H and O–H groups in total. The Balaban J connectivity index is 1.46. The SMILES string of the molecule is CCOc1ccc(OCC(=O)Nn2cnc3c(cnn3-c3ccc(F)cc3)c2=O)cc1. The number of fused-ring (bicyclic) bond motifs is 1. The van der Waals surface area contributed by atoms with Gasteiger partial charge >= 0.3 is 0 Å². The average molecular weight is 423 g/mol. The van der Waals surface area contributed by atoms with Gasteiger partial charge in [-0.1, -0.05) is 0 Å². The molecule has 158 valence electrons. The lowest BCUT2D eigenvalue weighted by Crippen LogP contribution is -2.35. The van der Waals surface area contributed by atoms with E-state index in [1.807, 2.05) is 6.92 Å². The third-order valence-electron chi connectivity index (χ3n) is 4.31. The molecule has 0 radical (unpaired) electrons. The van der Waals surface area contributed by atoms with E-state index < -0.39 is 11.5 Å². The van der Waals surface area contributed by atoms with Gasteiger partial charge in [0, 0.05) is 0 Å². The van der Waals surface area contributed by atoms with Gasteiger partial charge in [-0.15, -0.1) is 0 Å². The van der Waals surface area contributed by atoms with Crippen molar-refractivity contribution in [3.63, 3.8) is 0 Å². The quantitative estimate of drug-likeness (QED) is 0.490. The van der Waals surface area contributed by atoms with Gasteiger partial charge in [-0.3, -0.25) is 15.0 Å². The van der Waals surface area contributed by atoms with E-state index in [1.165, 1.54) is 41.5 Å². The Kier molecular flexibility index (Phi) is 5.61. The summed E-state index contributed by atoms with van der Waals surface area (Å²) in [7, 11) is 0. The molecule has 4 rings (SSSR count). The molecule has 1 amide bonds. The minimum absolute atomic E-state index is 0.194. The lowest BCUT2D eigenvalue weighted by Gasteiger charge is -2.10. The minimum atomic E-state index is -0.539. The van der Waals surface area contributed by atoms with Crippen molar-refractivity contribution in [3.05, 3.63) is 77.2 Å². The predicted octanol–water partition coefficient (Wildman–Crippen LogP) is 2.27. The van der Waals surface area contributed by atoms with Crippen LogP contribution in [0.1, 0.15) is 6.92 Å². The largest absolute Gasteiger partial charge is 0.494 e. The summed E-state index contributed by atoms with van der Waals surface area (Å²) in [5.74, 6) is 0.264. The van der Waals surface area contributed by atoms with Gasteiger partial charge in [-0.05, 0) is 55.5 Å². The Morgan fingerprint density at radius 3 is 2.42 bits per heavy atom. The van der Waals surface area contributed by atoms with E-state index in [-0.39, 0.29) is 23.5 Å². The zero-order valence-electron chi connectivity index (χ0n) is 16.5. The van der Waals surface area contributed by atoms with E-state index in [1.54, 1.807) is 24.3 Å². The molecular formula is C21H18FN5O4. The van der Waals surface area contributed by atoms with E-state index in [9.17, 15) is 14.0 Å². The average Bonchev–Trinajstić information content (AvgIpc) is 3.21. The van der Waals surface area contributed by atoms with Crippen LogP contribution in [0.2, 0.25) is 0 Å². The fraction of sp³-hybridized carbons (Fsp3) is 0.143. The first-order valence-corrected chi connectivity index (χ1v) is 9.42. The molecule has 4 aromatic rings. The minimum Gasteiger partial charge on any atom is -0.494 e. The summed E-state index contributed by atoms with van der Waals surface area (Å²) >= 11 is 0. The first kappa shape index (κ1) is 20.1. The molecule has 0 atom stereocenters. The first-order valence-electron chi connectivity index (χ1n) is 9.42. The van der Waals surface area contributed by atoms with Gasteiger partial charge in [0.25, 0.3) is 11.5 Å². The molecule has 31 heavy (non-hydrogen) atoms. The van der Waals surface area contributed by atoms with Crippen molar-refractivity contribution in [2.24, 2.45) is 0 Å². The van der Waals surface area contributed by atoms with Gasteiger partial charge in [0.2, 0.25) is 0 Å². The molecule has 2 heterocycles. The second-order valence-corrected chi connectivity index (χ2v) is 6.42. The number of hydrogen-bond donors (Lipinski definition) is 1. The molecule has 0 aliphatic heterocycles. The van der Waals surface area contributed by atoms with Crippen molar-refractivity contribution in [1.82, 2.24) is 19.4 Å². The molecule has 9 nitrogen and oxygen atoms in total. The van der Waals surface area contributed by atoms with Crippen LogP contribution >= 0.6 is 0 Å². The number of carbonyl (C=O) groups excluding carboxylic acids is 1. The highest BCUT2D eigenvalue weighted by atomic mass is 19.1. The highest BCUT2D eigenvalue weighted by molar-refractivity contribution is 5.85. The second kappa shape index (κ2) is 8.66. The van der Waals surface area contributed by atoms with E-state index in [0.29, 0.717) is 23.8 Å². The predicted molar refractivity (Wildman–Crippen MR) is 111 cm³/mol. The summed E-state index contributed by atoms with van der Waals surface area (Å²) in [5, 5.41) is 4.34. The molecule has 0 aliphatic carbocycles. The van der Waals surface area contributed by atoms with Crippen LogP contribution in [0.5, 0.6) is 11.5 Å². The fourth-order valence-corrected chi connectivity index (χ4v) is 2.88. The molecule has 0 fully saturated rings. The highest BCUT2D eigenvalue weighted by Gasteiger charge is 2.13. The first-order chi connectivity index (χ1) is 15.0. The lowest BCUT2D eigenvalue weighted by molar-refractivity contribution is -0.119. The lowest BCUT2D eigenvalue weighted by atomic mass is 10.3. The van der Waals surface area contributed by atoms with Crippen molar-refractivity contribution in [2.45, 2.75) is 6.92 Å². The van der Waals surface area contributed by atoms with Crippen molar-refractivity contribution in [1.29, 1.82) is 0 Å². The molecular weight excluding hydrogens is 405 g/mol. The maximum atomic E-state index is 13.1. The molecule has 10 heteroatoms. The Morgan fingerprint density at radius 1 is 1.06 bits per heavy atom. The summed E-state index contributed by atoms with van der Waals surface area (Å²) in [5.41, 5.74) is 2.76. The van der Waals surface area contributed by atoms with Crippen LogP contribution in [-0.4, -0.2) is 38.6 Å². The van der Waals surface area contributed by atoms with Crippen molar-refractivity contribution in [2.75, 3.05) is 18.6 Å². The third kappa shape index (κ3) is 4.37. The molecule has 0 spiro atoms. The Hall–Kier alpha value is -4.21. The topological polar surface area (TPSA) is 100 Å². The fourth-order valence-electron chi connectivity index (χ4n) is 2.88. The van der Waals surface area contributed by atoms with Gasteiger partial charge in [-0.25, -0.2) is 18.7 Å². The van der Waals surface area contributed by atoms with Crippen LogP contribution in [0.15, 0.2) is 65.8 Å². The second-order valence-electron chi connectivity index (χ2n) is 6.42. The number of hydrogen-bond acceptors (Lipinski definition) is 6. The normalized spacial score (nSPS) is 10.8. The Labute approximate surface area is 175 Å². The summed E-state index contributed by atoms with van der Waals surface area (Å²) < 4.78 is 26.3. The number of rotatable bonds is 7. The Bertz CT molecular complexity index is 1270. The number of carbonyl (C=O) groups is 1. The van der Waals surface area contributed by atoms with Crippen molar-refractivity contribution in [3.8, 4) is 17.2 Å². The number of nitrogens with zero attached hydrogens (tertiary/aromatic N) is 4. The molecule has 0 aliphatic rings. The van der Waals surface area contributed by atoms with Crippen molar-refractivity contribution >= 4 is 16.9 Å². The molecule has 2 aromatic heterocycles.